The molecular formula is C23H40N6O13P2. The minimum Gasteiger partial charge on any atom is -0.506 e. The maximum Gasteiger partial charge on any atom is 0.416 e. The van der Waals surface area contributed by atoms with Crippen molar-refractivity contribution in [2.75, 3.05) is 34.0 Å². The number of nitrogens with one attached hydrogen (secondary N) is 1. The van der Waals surface area contributed by atoms with E-state index in [-0.39, 0.29) is 29.1 Å². The van der Waals surface area contributed by atoms with Crippen LogP contribution >= 0.6 is 15.5 Å². The van der Waals surface area contributed by atoms with Crippen molar-refractivity contribution in [3.63, 3.8) is 0 Å². The lowest BCUT2D eigenvalue weighted by Crippen LogP contribution is -2.48. The van der Waals surface area contributed by atoms with E-state index in [4.69, 9.17) is 30.3 Å². The molecule has 250 valence electrons. The number of aromatic amines is 1. The van der Waals surface area contributed by atoms with E-state index in [1.807, 2.05) is 4.98 Å². The van der Waals surface area contributed by atoms with Gasteiger partial charge in [-0.05, 0) is 24.8 Å². The van der Waals surface area contributed by atoms with Gasteiger partial charge in [-0.3, -0.25) is 14.3 Å². The minimum atomic E-state index is -5.37. The van der Waals surface area contributed by atoms with Crippen LogP contribution < -0.4 is 22.7 Å². The third-order valence-electron chi connectivity index (χ3n) is 7.84. The van der Waals surface area contributed by atoms with Crippen LogP contribution in [0.15, 0.2) is 38.9 Å². The van der Waals surface area contributed by atoms with E-state index in [9.17, 15) is 43.6 Å². The van der Waals surface area contributed by atoms with E-state index in [1.54, 1.807) is 13.8 Å². The number of aromatic nitrogens is 2. The van der Waals surface area contributed by atoms with Crippen LogP contribution in [0.1, 0.15) is 27.2 Å². The van der Waals surface area contributed by atoms with E-state index < -0.39 is 81.4 Å². The molecule has 2 heterocycles. The molecular weight excluding hydrogens is 630 g/mol. The molecule has 44 heavy (non-hydrogen) atoms. The Bertz CT molecular complexity index is 1490. The Balaban J connectivity index is 1.93. The molecule has 0 aromatic carbocycles. The number of aliphatic hydroxyl groups excluding tert-OH is 2. The number of aliphatic hydroxyl groups is 2. The predicted molar refractivity (Wildman–Crippen MR) is 154 cm³/mol. The first kappa shape index (κ1) is 36.1. The molecule has 0 radical (unpaired) electrons. The second-order valence-corrected chi connectivity index (χ2v) is 14.1. The van der Waals surface area contributed by atoms with Gasteiger partial charge in [0.15, 0.2) is 11.9 Å². The van der Waals surface area contributed by atoms with Crippen LogP contribution in [0, 0.1) is 11.8 Å². The standard InChI is InChI=1S/C23H40N6O13P2/c1-6-23(3,42-44(37,38)29(43(34,35)36)11-27(4)39-5)16-17(24)12(2)13(9-30)20(16)40-10-14-18(25)19(32)21(41-14)28-8-7-15(31)26-22(28)33/h7-8,12,14,16-18,30,32H,6,9-11,24-25H2,1-5H3,(H,37,38)(H,26,31,33)(H2,34,35,36). The molecule has 0 fully saturated rings. The van der Waals surface area contributed by atoms with E-state index in [2.05, 4.69) is 0 Å². The summed E-state index contributed by atoms with van der Waals surface area (Å²) in [5.74, 6) is -2.34. The molecule has 3 rings (SSSR count). The molecule has 1 aliphatic heterocycles. The Morgan fingerprint density at radius 2 is 1.86 bits per heavy atom. The fourth-order valence-corrected chi connectivity index (χ4v) is 7.93. The van der Waals surface area contributed by atoms with Gasteiger partial charge < -0.3 is 50.7 Å². The molecule has 0 saturated carbocycles. The summed E-state index contributed by atoms with van der Waals surface area (Å²) in [6, 6.07) is -1.01. The van der Waals surface area contributed by atoms with Crippen molar-refractivity contribution in [1.29, 1.82) is 0 Å². The summed E-state index contributed by atoms with van der Waals surface area (Å²) in [6.07, 6.45) is -0.00751. The summed E-state index contributed by atoms with van der Waals surface area (Å²) in [5, 5.41) is 21.7. The molecule has 1 aromatic heterocycles. The summed E-state index contributed by atoms with van der Waals surface area (Å²) in [4.78, 5) is 61.2. The maximum absolute atomic E-state index is 13.5. The van der Waals surface area contributed by atoms with Gasteiger partial charge in [0.1, 0.15) is 18.4 Å². The highest BCUT2D eigenvalue weighted by Gasteiger charge is 2.55. The van der Waals surface area contributed by atoms with Crippen LogP contribution in [0.3, 0.4) is 0 Å². The third-order valence-corrected chi connectivity index (χ3v) is 11.3. The number of rotatable bonds is 14. The Hall–Kier alpha value is -2.38. The van der Waals surface area contributed by atoms with E-state index in [0.717, 1.165) is 21.9 Å². The minimum absolute atomic E-state index is 0.00954. The lowest BCUT2D eigenvalue weighted by Gasteiger charge is -2.41. The Morgan fingerprint density at radius 1 is 1.23 bits per heavy atom. The molecule has 2 aliphatic rings. The Kier molecular flexibility index (Phi) is 11.1. The van der Waals surface area contributed by atoms with Crippen LogP contribution in [0.4, 0.5) is 0 Å². The van der Waals surface area contributed by atoms with Gasteiger partial charge >= 0.3 is 21.2 Å². The highest BCUT2D eigenvalue weighted by Crippen LogP contribution is 2.64. The Labute approximate surface area is 252 Å². The second-order valence-electron chi connectivity index (χ2n) is 10.6. The lowest BCUT2D eigenvalue weighted by atomic mass is 9.81. The van der Waals surface area contributed by atoms with Gasteiger partial charge in [0.25, 0.3) is 5.56 Å². The average Bonchev–Trinajstić information content (AvgIpc) is 3.35. The number of hydrogen-bond acceptors (Lipinski definition) is 13. The molecule has 0 spiro atoms. The van der Waals surface area contributed by atoms with Gasteiger partial charge in [-0.1, -0.05) is 18.3 Å². The predicted octanol–water partition coefficient (Wildman–Crippen LogP) is -1.07. The zero-order valence-electron chi connectivity index (χ0n) is 24.8. The van der Waals surface area contributed by atoms with Crippen LogP contribution in [0.25, 0.3) is 5.88 Å². The van der Waals surface area contributed by atoms with Crippen LogP contribution in [-0.2, 0) is 28.0 Å². The van der Waals surface area contributed by atoms with Gasteiger partial charge in [-0.25, -0.2) is 18.5 Å². The number of nitrogens with two attached hydrogens (primary N) is 2. The fraction of sp³-hybridized carbons (Fsp3) is 0.652. The summed E-state index contributed by atoms with van der Waals surface area (Å²) in [6.45, 7) is 3.00. The van der Waals surface area contributed by atoms with Crippen LogP contribution in [-0.4, -0.2) is 102 Å². The molecule has 1 aromatic rings. The number of hydroxylamine groups is 2. The molecule has 19 nitrogen and oxygen atoms in total. The van der Waals surface area contributed by atoms with Gasteiger partial charge in [0.2, 0.25) is 5.88 Å². The zero-order chi connectivity index (χ0) is 33.4. The fourth-order valence-electron chi connectivity index (χ4n) is 5.08. The van der Waals surface area contributed by atoms with Crippen LogP contribution in [0.5, 0.6) is 0 Å². The lowest BCUT2D eigenvalue weighted by molar-refractivity contribution is -0.125. The molecule has 0 saturated heterocycles. The number of H-pyrrole nitrogens is 1. The average molecular weight is 671 g/mol. The molecule has 7 atom stereocenters. The van der Waals surface area contributed by atoms with Crippen molar-refractivity contribution in [1.82, 2.24) is 19.1 Å². The van der Waals surface area contributed by atoms with E-state index in [1.165, 1.54) is 21.1 Å². The topological polar surface area (TPSA) is 286 Å². The zero-order valence-corrected chi connectivity index (χ0v) is 26.6. The number of nitrogens with zero attached hydrogens (tertiary/aromatic N) is 3. The number of ether oxygens (including phenoxy) is 2. The first-order valence-electron chi connectivity index (χ1n) is 13.4. The summed E-state index contributed by atoms with van der Waals surface area (Å²) in [7, 11) is -8.18. The second kappa shape index (κ2) is 13.5. The highest BCUT2D eigenvalue weighted by molar-refractivity contribution is 7.65. The first-order chi connectivity index (χ1) is 20.3. The third kappa shape index (κ3) is 7.20. The van der Waals surface area contributed by atoms with Crippen molar-refractivity contribution < 1.29 is 52.9 Å². The smallest absolute Gasteiger partial charge is 0.416 e. The Morgan fingerprint density at radius 3 is 2.39 bits per heavy atom. The van der Waals surface area contributed by atoms with Crippen molar-refractivity contribution in [3.05, 3.63) is 50.2 Å². The molecule has 7 unspecified atom stereocenters. The molecule has 1 aliphatic carbocycles. The van der Waals surface area contributed by atoms with Crippen molar-refractivity contribution in [3.8, 4) is 0 Å². The maximum atomic E-state index is 13.5. The number of hydrogen-bond donors (Lipinski definition) is 8. The van der Waals surface area contributed by atoms with Crippen LogP contribution in [0.2, 0.25) is 0 Å². The first-order valence-corrected chi connectivity index (χ1v) is 16.4. The SMILES string of the molecule is CCC(C)(OP(=O)(O)N(CN(C)OC)P(=O)(O)O)C1C(OCC2OC(n3ccc(=O)[nH]c3=O)=C(O)C2N)=C(CO)C(C)C1N. The monoisotopic (exact) mass is 670 g/mol. The van der Waals surface area contributed by atoms with Gasteiger partial charge in [0.05, 0.1) is 31.9 Å². The molecule has 0 bridgehead atoms. The van der Waals surface area contributed by atoms with Crippen molar-refractivity contribution >= 4 is 21.4 Å². The van der Waals surface area contributed by atoms with E-state index >= 15 is 0 Å². The molecule has 0 amide bonds. The van der Waals surface area contributed by atoms with Crippen molar-refractivity contribution in [2.45, 2.75) is 51.0 Å². The summed E-state index contributed by atoms with van der Waals surface area (Å²) >= 11 is 0. The van der Waals surface area contributed by atoms with Gasteiger partial charge in [-0.2, -0.15) is 5.06 Å². The van der Waals surface area contributed by atoms with Gasteiger partial charge in [-0.15, -0.1) is 0 Å². The normalized spacial score (nSPS) is 27.2. The molecule has 10 N–H and O–H groups in total. The quantitative estimate of drug-likeness (QED) is 0.0664. The highest BCUT2D eigenvalue weighted by atomic mass is 31.3. The summed E-state index contributed by atoms with van der Waals surface area (Å²) < 4.78 is 43.9. The largest absolute Gasteiger partial charge is 0.506 e. The summed E-state index contributed by atoms with van der Waals surface area (Å²) in [5.41, 5.74) is 9.71. The van der Waals surface area contributed by atoms with E-state index in [0.29, 0.717) is 5.57 Å². The van der Waals surface area contributed by atoms with Gasteiger partial charge in [0, 0.05) is 25.4 Å². The molecule has 21 heteroatoms. The van der Waals surface area contributed by atoms with Crippen molar-refractivity contribution in [2.24, 2.45) is 23.3 Å².